The molecule has 0 bridgehead atoms. The summed E-state index contributed by atoms with van der Waals surface area (Å²) >= 11 is 0. The van der Waals surface area contributed by atoms with Gasteiger partial charge in [0.15, 0.2) is 0 Å². The van der Waals surface area contributed by atoms with Crippen molar-refractivity contribution >= 4 is 21.6 Å². The van der Waals surface area contributed by atoms with Gasteiger partial charge in [0, 0.05) is 0 Å². The van der Waals surface area contributed by atoms with Crippen molar-refractivity contribution in [3.63, 3.8) is 0 Å². The average molecular weight is 203 g/mol. The van der Waals surface area contributed by atoms with Gasteiger partial charge in [0.1, 0.15) is 0 Å². The first-order valence-corrected chi connectivity index (χ1v) is 4.81. The first kappa shape index (κ1) is 11.9. The Labute approximate surface area is 83.4 Å². The Hall–Kier alpha value is -0.0600. The highest BCUT2D eigenvalue weighted by molar-refractivity contribution is 7.17. The van der Waals surface area contributed by atoms with Crippen molar-refractivity contribution in [3.8, 4) is 0 Å². The van der Waals surface area contributed by atoms with E-state index in [1.165, 1.54) is 18.4 Å². The van der Waals surface area contributed by atoms with E-state index < -0.39 is 0 Å². The van der Waals surface area contributed by atoms with Crippen molar-refractivity contribution in [2.24, 2.45) is 0 Å². The van der Waals surface area contributed by atoms with Crippen LogP contribution in [0.1, 0.15) is 31.0 Å². The van der Waals surface area contributed by atoms with E-state index in [4.69, 9.17) is 0 Å². The zero-order valence-corrected chi connectivity index (χ0v) is 9.34. The largest absolute Gasteiger partial charge is 0.147 e. The Morgan fingerprint density at radius 2 is 1.83 bits per heavy atom. The van der Waals surface area contributed by atoms with E-state index in [0.29, 0.717) is 5.66 Å². The predicted octanol–water partition coefficient (Wildman–Crippen LogP) is 3.82. The van der Waals surface area contributed by atoms with E-state index in [1.54, 1.807) is 0 Å². The van der Waals surface area contributed by atoms with E-state index in [0.717, 1.165) is 0 Å². The molecule has 0 aliphatic carbocycles. The Kier molecular flexibility index (Phi) is 6.42. The Balaban J connectivity index is 0.00000121. The minimum absolute atomic E-state index is 0. The van der Waals surface area contributed by atoms with Crippen molar-refractivity contribution in [1.82, 2.24) is 0 Å². The Bertz CT molecular complexity index is 198. The molecule has 1 aromatic rings. The second-order valence-corrected chi connectivity index (χ2v) is 3.61. The summed E-state index contributed by atoms with van der Waals surface area (Å²) in [5.74, 6) is 0. The highest BCUT2D eigenvalue weighted by Gasteiger charge is 2.01. The van der Waals surface area contributed by atoms with E-state index in [1.807, 2.05) is 0 Å². The molecule has 0 radical (unpaired) electrons. The summed E-state index contributed by atoms with van der Waals surface area (Å²) in [6.07, 6.45) is 2.51. The van der Waals surface area contributed by atoms with Crippen LogP contribution in [0.15, 0.2) is 30.3 Å². The molecule has 68 valence electrons. The number of rotatable bonds is 3. The normalized spacial score (nSPS) is 11.8. The fourth-order valence-corrected chi connectivity index (χ4v) is 1.73. The third-order valence-corrected chi connectivity index (χ3v) is 2.55. The SMILES string of the molecule is CCCC(P)c1ccccc1.Cl. The first-order chi connectivity index (χ1) is 5.34. The van der Waals surface area contributed by atoms with Gasteiger partial charge in [-0.3, -0.25) is 0 Å². The highest BCUT2D eigenvalue weighted by Crippen LogP contribution is 2.26. The molecular formula is C10H16ClP. The van der Waals surface area contributed by atoms with Crippen LogP contribution in [-0.2, 0) is 0 Å². The van der Waals surface area contributed by atoms with Gasteiger partial charge in [-0.05, 0) is 17.6 Å². The maximum atomic E-state index is 2.89. The monoisotopic (exact) mass is 202 g/mol. The van der Waals surface area contributed by atoms with E-state index in [9.17, 15) is 0 Å². The third-order valence-electron chi connectivity index (χ3n) is 1.83. The molecule has 0 nitrogen and oxygen atoms in total. The van der Waals surface area contributed by atoms with Crippen LogP contribution in [0.5, 0.6) is 0 Å². The molecule has 0 saturated heterocycles. The minimum Gasteiger partial charge on any atom is -0.147 e. The summed E-state index contributed by atoms with van der Waals surface area (Å²) in [5, 5.41) is 0. The molecule has 0 heterocycles. The predicted molar refractivity (Wildman–Crippen MR) is 61.0 cm³/mol. The summed E-state index contributed by atoms with van der Waals surface area (Å²) in [6, 6.07) is 10.6. The van der Waals surface area contributed by atoms with Gasteiger partial charge in [-0.25, -0.2) is 0 Å². The molecule has 1 aromatic carbocycles. The summed E-state index contributed by atoms with van der Waals surface area (Å²) in [7, 11) is 2.89. The lowest BCUT2D eigenvalue weighted by molar-refractivity contribution is 0.779. The fourth-order valence-electron chi connectivity index (χ4n) is 1.18. The van der Waals surface area contributed by atoms with Crippen LogP contribution in [0.25, 0.3) is 0 Å². The number of benzene rings is 1. The van der Waals surface area contributed by atoms with Crippen LogP contribution in [-0.4, -0.2) is 0 Å². The van der Waals surface area contributed by atoms with Gasteiger partial charge in [-0.15, -0.1) is 21.6 Å². The summed E-state index contributed by atoms with van der Waals surface area (Å²) in [5.41, 5.74) is 2.07. The quantitative estimate of drug-likeness (QED) is 0.654. The molecule has 1 rings (SSSR count). The molecule has 2 unspecified atom stereocenters. The van der Waals surface area contributed by atoms with Crippen molar-refractivity contribution in [1.29, 1.82) is 0 Å². The lowest BCUT2D eigenvalue weighted by Gasteiger charge is -2.08. The highest BCUT2D eigenvalue weighted by atomic mass is 35.5. The van der Waals surface area contributed by atoms with Gasteiger partial charge in [-0.1, -0.05) is 43.7 Å². The van der Waals surface area contributed by atoms with Crippen LogP contribution >= 0.6 is 21.6 Å². The Morgan fingerprint density at radius 3 is 2.33 bits per heavy atom. The van der Waals surface area contributed by atoms with E-state index in [2.05, 4.69) is 46.5 Å². The van der Waals surface area contributed by atoms with Crippen molar-refractivity contribution < 1.29 is 0 Å². The van der Waals surface area contributed by atoms with Gasteiger partial charge in [0.05, 0.1) is 0 Å². The number of halogens is 1. The van der Waals surface area contributed by atoms with Crippen LogP contribution < -0.4 is 0 Å². The molecule has 2 atom stereocenters. The van der Waals surface area contributed by atoms with Crippen LogP contribution in [0.2, 0.25) is 0 Å². The second kappa shape index (κ2) is 6.46. The van der Waals surface area contributed by atoms with Gasteiger partial charge in [-0.2, -0.15) is 0 Å². The lowest BCUT2D eigenvalue weighted by Crippen LogP contribution is -1.87. The topological polar surface area (TPSA) is 0 Å². The smallest absolute Gasteiger partial charge is 0.00147 e. The molecule has 2 heteroatoms. The Morgan fingerprint density at radius 1 is 1.25 bits per heavy atom. The lowest BCUT2D eigenvalue weighted by atomic mass is 10.1. The fraction of sp³-hybridized carbons (Fsp3) is 0.400. The number of hydrogen-bond acceptors (Lipinski definition) is 0. The van der Waals surface area contributed by atoms with Gasteiger partial charge in [0.25, 0.3) is 0 Å². The first-order valence-electron chi connectivity index (χ1n) is 4.15. The van der Waals surface area contributed by atoms with E-state index >= 15 is 0 Å². The molecule has 0 amide bonds. The summed E-state index contributed by atoms with van der Waals surface area (Å²) < 4.78 is 0. The van der Waals surface area contributed by atoms with Crippen molar-refractivity contribution in [3.05, 3.63) is 35.9 Å². The minimum atomic E-state index is 0. The van der Waals surface area contributed by atoms with Crippen molar-refractivity contribution in [2.45, 2.75) is 25.4 Å². The number of hydrogen-bond donors (Lipinski definition) is 0. The standard InChI is InChI=1S/C10H15P.ClH/c1-2-6-10(11)9-7-4-3-5-8-9;/h3-5,7-8,10H,2,6,11H2,1H3;1H. The average Bonchev–Trinajstić information content (AvgIpc) is 2.07. The van der Waals surface area contributed by atoms with E-state index in [-0.39, 0.29) is 12.4 Å². The molecule has 0 N–H and O–H groups in total. The molecule has 0 fully saturated rings. The maximum Gasteiger partial charge on any atom is -0.00147 e. The maximum absolute atomic E-state index is 2.89. The summed E-state index contributed by atoms with van der Waals surface area (Å²) in [4.78, 5) is 0. The van der Waals surface area contributed by atoms with Crippen LogP contribution in [0.3, 0.4) is 0 Å². The summed E-state index contributed by atoms with van der Waals surface area (Å²) in [6.45, 7) is 2.22. The zero-order chi connectivity index (χ0) is 8.10. The van der Waals surface area contributed by atoms with Gasteiger partial charge >= 0.3 is 0 Å². The van der Waals surface area contributed by atoms with Crippen LogP contribution in [0.4, 0.5) is 0 Å². The van der Waals surface area contributed by atoms with Gasteiger partial charge < -0.3 is 0 Å². The molecule has 0 aliphatic rings. The van der Waals surface area contributed by atoms with Crippen molar-refractivity contribution in [2.75, 3.05) is 0 Å². The van der Waals surface area contributed by atoms with Gasteiger partial charge in [0.2, 0.25) is 0 Å². The molecular weight excluding hydrogens is 187 g/mol. The molecule has 0 aliphatic heterocycles. The zero-order valence-electron chi connectivity index (χ0n) is 7.36. The van der Waals surface area contributed by atoms with Crippen LogP contribution in [0, 0.1) is 0 Å². The molecule has 0 saturated carbocycles. The second-order valence-electron chi connectivity index (χ2n) is 2.81. The molecule has 12 heavy (non-hydrogen) atoms. The molecule has 0 spiro atoms. The molecule has 0 aromatic heterocycles. The third kappa shape index (κ3) is 3.56.